The van der Waals surface area contributed by atoms with Crippen molar-refractivity contribution in [1.29, 1.82) is 0 Å². The van der Waals surface area contributed by atoms with Crippen LogP contribution in [0.5, 0.6) is 0 Å². The molecule has 0 unspecified atom stereocenters. The summed E-state index contributed by atoms with van der Waals surface area (Å²) >= 11 is 0. The van der Waals surface area contributed by atoms with Gasteiger partial charge < -0.3 is 15.7 Å². The van der Waals surface area contributed by atoms with Crippen LogP contribution < -0.4 is 10.6 Å². The molecule has 0 saturated heterocycles. The number of aliphatic hydroxyl groups is 1. The Morgan fingerprint density at radius 3 is 2.53 bits per heavy atom. The minimum Gasteiger partial charge on any atom is -0.394 e. The van der Waals surface area contributed by atoms with Gasteiger partial charge in [0.05, 0.1) is 18.3 Å². The Morgan fingerprint density at radius 1 is 1.06 bits per heavy atom. The second-order valence-electron chi connectivity index (χ2n) is 8.12. The van der Waals surface area contributed by atoms with E-state index in [-0.39, 0.29) is 18.6 Å². The lowest BCUT2D eigenvalue weighted by Crippen LogP contribution is -2.24. The molecular formula is C24H29N7O. The van der Waals surface area contributed by atoms with Gasteiger partial charge in [0.1, 0.15) is 5.82 Å². The summed E-state index contributed by atoms with van der Waals surface area (Å²) in [6.45, 7) is 6.84. The van der Waals surface area contributed by atoms with Gasteiger partial charge in [-0.3, -0.25) is 4.98 Å². The molecule has 4 rings (SSSR count). The third kappa shape index (κ3) is 4.70. The molecule has 3 aromatic heterocycles. The summed E-state index contributed by atoms with van der Waals surface area (Å²) in [5.41, 5.74) is 4.90. The van der Waals surface area contributed by atoms with Crippen LogP contribution in [0.2, 0.25) is 0 Å². The van der Waals surface area contributed by atoms with Crippen LogP contribution in [0.3, 0.4) is 0 Å². The normalized spacial score (nSPS) is 12.3. The summed E-state index contributed by atoms with van der Waals surface area (Å²) in [6.07, 6.45) is 4.43. The van der Waals surface area contributed by atoms with Crippen molar-refractivity contribution in [1.82, 2.24) is 24.8 Å². The number of hydrogen-bond acceptors (Lipinski definition) is 7. The van der Waals surface area contributed by atoms with Crippen LogP contribution in [0, 0.1) is 0 Å². The van der Waals surface area contributed by atoms with Crippen LogP contribution in [0.1, 0.15) is 44.5 Å². The molecule has 8 heteroatoms. The zero-order chi connectivity index (χ0) is 22.5. The van der Waals surface area contributed by atoms with E-state index in [2.05, 4.69) is 75.1 Å². The zero-order valence-electron chi connectivity index (χ0n) is 18.7. The van der Waals surface area contributed by atoms with Gasteiger partial charge in [0.2, 0.25) is 5.65 Å². The Labute approximate surface area is 187 Å². The Balaban J connectivity index is 1.58. The van der Waals surface area contributed by atoms with Crippen LogP contribution >= 0.6 is 0 Å². The first-order valence-corrected chi connectivity index (χ1v) is 11.0. The van der Waals surface area contributed by atoms with Crippen LogP contribution in [0.4, 0.5) is 11.5 Å². The molecule has 0 aliphatic carbocycles. The highest BCUT2D eigenvalue weighted by Crippen LogP contribution is 2.24. The number of anilines is 2. The minimum atomic E-state index is -0.0631. The van der Waals surface area contributed by atoms with E-state index >= 15 is 0 Å². The highest BCUT2D eigenvalue weighted by Gasteiger charge is 2.16. The molecule has 8 nitrogen and oxygen atoms in total. The molecule has 0 radical (unpaired) electrons. The van der Waals surface area contributed by atoms with E-state index in [0.717, 1.165) is 34.6 Å². The topological polar surface area (TPSA) is 100 Å². The lowest BCUT2D eigenvalue weighted by Gasteiger charge is -2.17. The van der Waals surface area contributed by atoms with Gasteiger partial charge in [0, 0.05) is 30.9 Å². The molecule has 0 bridgehead atoms. The number of aliphatic hydroxyl groups excluding tert-OH is 1. The van der Waals surface area contributed by atoms with Crippen LogP contribution in [-0.4, -0.2) is 42.6 Å². The molecule has 0 aliphatic rings. The average Bonchev–Trinajstić information content (AvgIpc) is 3.26. The quantitative estimate of drug-likeness (QED) is 0.367. The van der Waals surface area contributed by atoms with Crippen molar-refractivity contribution in [2.24, 2.45) is 0 Å². The van der Waals surface area contributed by atoms with Gasteiger partial charge in [-0.05, 0) is 29.2 Å². The Kier molecular flexibility index (Phi) is 6.61. The largest absolute Gasteiger partial charge is 0.394 e. The maximum absolute atomic E-state index is 9.59. The molecule has 3 N–H and O–H groups in total. The number of pyridine rings is 1. The fourth-order valence-corrected chi connectivity index (χ4v) is 3.49. The second kappa shape index (κ2) is 9.74. The number of benzene rings is 1. The van der Waals surface area contributed by atoms with E-state index in [1.165, 1.54) is 0 Å². The molecule has 0 saturated carbocycles. The Bertz CT molecular complexity index is 1150. The van der Waals surface area contributed by atoms with Gasteiger partial charge >= 0.3 is 0 Å². The predicted octanol–water partition coefficient (Wildman–Crippen LogP) is 4.10. The first-order chi connectivity index (χ1) is 15.6. The monoisotopic (exact) mass is 431 g/mol. The number of hydrogen-bond donors (Lipinski definition) is 3. The number of rotatable bonds is 9. The van der Waals surface area contributed by atoms with Crippen molar-refractivity contribution in [2.45, 2.75) is 45.7 Å². The maximum Gasteiger partial charge on any atom is 0.201 e. The summed E-state index contributed by atoms with van der Waals surface area (Å²) in [5, 5.41) is 29.8. The molecule has 0 aliphatic heterocycles. The molecular weight excluding hydrogens is 402 g/mol. The fraction of sp³-hybridized carbons (Fsp3) is 0.333. The van der Waals surface area contributed by atoms with Gasteiger partial charge in [0.15, 0.2) is 5.82 Å². The summed E-state index contributed by atoms with van der Waals surface area (Å²) in [7, 11) is 0. The first-order valence-electron chi connectivity index (χ1n) is 11.0. The smallest absolute Gasteiger partial charge is 0.201 e. The number of aromatic nitrogens is 5. The standard InChI is InChI=1S/C24H29N7O/c1-4-20(15-32)27-22-12-21(24-29-28-23(16(2)3)31(24)30-22)26-13-17-7-9-18(10-8-17)19-6-5-11-25-14-19/h5-12,14,16,20,26,32H,4,13,15H2,1-3H3,(H,27,30)/t20-/m0/s1. The van der Waals surface area contributed by atoms with Crippen LogP contribution in [0.15, 0.2) is 54.9 Å². The van der Waals surface area contributed by atoms with Gasteiger partial charge in [-0.2, -0.15) is 4.52 Å². The fourth-order valence-electron chi connectivity index (χ4n) is 3.49. The van der Waals surface area contributed by atoms with Crippen LogP contribution in [-0.2, 0) is 6.54 Å². The van der Waals surface area contributed by atoms with Crippen molar-refractivity contribution >= 4 is 17.2 Å². The summed E-state index contributed by atoms with van der Waals surface area (Å²) in [5.74, 6) is 1.65. The Hall–Kier alpha value is -3.52. The number of fused-ring (bicyclic) bond motifs is 1. The maximum atomic E-state index is 9.59. The second-order valence-corrected chi connectivity index (χ2v) is 8.12. The van der Waals surface area contributed by atoms with E-state index < -0.39 is 0 Å². The summed E-state index contributed by atoms with van der Waals surface area (Å²) in [4.78, 5) is 4.19. The molecule has 1 atom stereocenters. The molecule has 4 aromatic rings. The average molecular weight is 432 g/mol. The van der Waals surface area contributed by atoms with Crippen molar-refractivity contribution in [3.8, 4) is 11.1 Å². The third-order valence-corrected chi connectivity index (χ3v) is 5.41. The lowest BCUT2D eigenvalue weighted by atomic mass is 10.1. The van der Waals surface area contributed by atoms with E-state index in [1.54, 1.807) is 10.7 Å². The molecule has 166 valence electrons. The first kappa shape index (κ1) is 21.7. The van der Waals surface area contributed by atoms with E-state index in [4.69, 9.17) is 0 Å². The minimum absolute atomic E-state index is 0.0431. The summed E-state index contributed by atoms with van der Waals surface area (Å²) < 4.78 is 1.78. The molecule has 32 heavy (non-hydrogen) atoms. The third-order valence-electron chi connectivity index (χ3n) is 5.41. The lowest BCUT2D eigenvalue weighted by molar-refractivity contribution is 0.271. The van der Waals surface area contributed by atoms with E-state index in [1.807, 2.05) is 25.3 Å². The number of nitrogens with zero attached hydrogens (tertiary/aromatic N) is 5. The van der Waals surface area contributed by atoms with E-state index in [0.29, 0.717) is 18.0 Å². The highest BCUT2D eigenvalue weighted by atomic mass is 16.3. The summed E-state index contributed by atoms with van der Waals surface area (Å²) in [6, 6.07) is 14.3. The molecule has 0 fully saturated rings. The molecule has 1 aromatic carbocycles. The Morgan fingerprint density at radius 2 is 1.88 bits per heavy atom. The molecule has 0 spiro atoms. The van der Waals surface area contributed by atoms with Gasteiger partial charge in [-0.25, -0.2) is 0 Å². The van der Waals surface area contributed by atoms with Gasteiger partial charge in [-0.15, -0.1) is 15.3 Å². The van der Waals surface area contributed by atoms with Crippen molar-refractivity contribution in [3.63, 3.8) is 0 Å². The number of nitrogens with one attached hydrogen (secondary N) is 2. The SMILES string of the molecule is CC[C@@H](CO)Nc1cc(NCc2ccc(-c3cccnc3)cc2)c2nnc(C(C)C)n2n1. The van der Waals surface area contributed by atoms with Gasteiger partial charge in [0.25, 0.3) is 0 Å². The van der Waals surface area contributed by atoms with Crippen LogP contribution in [0.25, 0.3) is 16.8 Å². The van der Waals surface area contributed by atoms with Crippen molar-refractivity contribution in [3.05, 3.63) is 66.2 Å². The van der Waals surface area contributed by atoms with E-state index in [9.17, 15) is 5.11 Å². The molecule has 0 amide bonds. The molecule has 3 heterocycles. The highest BCUT2D eigenvalue weighted by molar-refractivity contribution is 5.70. The predicted molar refractivity (Wildman–Crippen MR) is 127 cm³/mol. The van der Waals surface area contributed by atoms with Crippen molar-refractivity contribution < 1.29 is 5.11 Å². The zero-order valence-corrected chi connectivity index (χ0v) is 18.7. The van der Waals surface area contributed by atoms with Crippen molar-refractivity contribution in [2.75, 3.05) is 17.2 Å². The van der Waals surface area contributed by atoms with Gasteiger partial charge in [-0.1, -0.05) is 51.1 Å².